The summed E-state index contributed by atoms with van der Waals surface area (Å²) >= 11 is 11.2. The summed E-state index contributed by atoms with van der Waals surface area (Å²) in [6, 6.07) is 16.2. The molecule has 2 aromatic carbocycles. The molecule has 2 N–H and O–H groups in total. The Kier molecular flexibility index (Phi) is 5.59. The van der Waals surface area contributed by atoms with Crippen LogP contribution in [0, 0.1) is 0 Å². The molecule has 21 heavy (non-hydrogen) atoms. The normalized spacial score (nSPS) is 11.8. The molecule has 110 valence electrons. The Morgan fingerprint density at radius 3 is 2.29 bits per heavy atom. The van der Waals surface area contributed by atoms with Crippen LogP contribution in [0.25, 0.3) is 0 Å². The van der Waals surface area contributed by atoms with Crippen molar-refractivity contribution in [3.05, 3.63) is 64.7 Å². The number of benzene rings is 2. The Bertz CT molecular complexity index is 593. The molecule has 0 fully saturated rings. The second-order valence-electron chi connectivity index (χ2n) is 4.92. The van der Waals surface area contributed by atoms with Crippen molar-refractivity contribution in [3.8, 4) is 0 Å². The maximum absolute atomic E-state index is 5.86. The molecule has 0 aliphatic heterocycles. The van der Waals surface area contributed by atoms with Crippen LogP contribution in [0.4, 0.5) is 5.69 Å². The average Bonchev–Trinajstić information content (AvgIpc) is 2.49. The molecule has 0 aliphatic rings. The molecule has 0 aliphatic carbocycles. The van der Waals surface area contributed by atoms with Crippen LogP contribution in [0.1, 0.15) is 31.0 Å². The van der Waals surface area contributed by atoms with E-state index in [-0.39, 0.29) is 6.04 Å². The topological polar surface area (TPSA) is 24.1 Å². The van der Waals surface area contributed by atoms with E-state index in [4.69, 9.17) is 23.8 Å². The Morgan fingerprint density at radius 1 is 1.10 bits per heavy atom. The van der Waals surface area contributed by atoms with Gasteiger partial charge in [-0.2, -0.15) is 0 Å². The van der Waals surface area contributed by atoms with E-state index >= 15 is 0 Å². The lowest BCUT2D eigenvalue weighted by Gasteiger charge is -2.17. The molecule has 0 aromatic heterocycles. The fourth-order valence-corrected chi connectivity index (χ4v) is 2.44. The predicted molar refractivity (Wildman–Crippen MR) is 95.0 cm³/mol. The van der Waals surface area contributed by atoms with Gasteiger partial charge in [0.2, 0.25) is 0 Å². The molecular weight excluding hydrogens is 300 g/mol. The molecule has 2 nitrogen and oxygen atoms in total. The summed E-state index contributed by atoms with van der Waals surface area (Å²) in [5.41, 5.74) is 3.48. The van der Waals surface area contributed by atoms with Crippen LogP contribution in [-0.2, 0) is 6.42 Å². The highest BCUT2D eigenvalue weighted by atomic mass is 35.5. The lowest BCUT2D eigenvalue weighted by molar-refractivity contribution is 0.722. The van der Waals surface area contributed by atoms with Crippen molar-refractivity contribution in [1.82, 2.24) is 5.32 Å². The summed E-state index contributed by atoms with van der Waals surface area (Å²) < 4.78 is 0. The van der Waals surface area contributed by atoms with E-state index in [0.717, 1.165) is 12.1 Å². The minimum absolute atomic E-state index is 0.156. The zero-order valence-corrected chi connectivity index (χ0v) is 13.8. The van der Waals surface area contributed by atoms with Crippen molar-refractivity contribution >= 4 is 34.6 Å². The molecule has 0 spiro atoms. The summed E-state index contributed by atoms with van der Waals surface area (Å²) in [5.74, 6) is 0. The Balaban J connectivity index is 1.93. The number of anilines is 1. The van der Waals surface area contributed by atoms with Crippen LogP contribution in [0.2, 0.25) is 5.02 Å². The third-order valence-corrected chi connectivity index (χ3v) is 3.81. The Morgan fingerprint density at radius 2 is 1.71 bits per heavy atom. The van der Waals surface area contributed by atoms with Gasteiger partial charge in [0, 0.05) is 10.7 Å². The van der Waals surface area contributed by atoms with Crippen LogP contribution in [-0.4, -0.2) is 5.11 Å². The standard InChI is InChI=1S/C17H19ClN2S/c1-3-13-4-6-14(7-5-13)12(2)19-17(21)20-16-10-8-15(18)9-11-16/h4-12H,3H2,1-2H3,(H2,19,20,21)/t12-/m0/s1. The summed E-state index contributed by atoms with van der Waals surface area (Å²) in [5, 5.41) is 7.75. The van der Waals surface area contributed by atoms with Gasteiger partial charge in [-0.15, -0.1) is 0 Å². The molecule has 0 saturated carbocycles. The number of nitrogens with one attached hydrogen (secondary N) is 2. The SMILES string of the molecule is CCc1ccc([C@H](C)NC(=S)Nc2ccc(Cl)cc2)cc1. The largest absolute Gasteiger partial charge is 0.356 e. The summed E-state index contributed by atoms with van der Waals surface area (Å²) in [7, 11) is 0. The van der Waals surface area contributed by atoms with E-state index in [0.29, 0.717) is 10.1 Å². The van der Waals surface area contributed by atoms with Crippen LogP contribution in [0.15, 0.2) is 48.5 Å². The molecule has 0 radical (unpaired) electrons. The minimum Gasteiger partial charge on any atom is -0.356 e. The highest BCUT2D eigenvalue weighted by Gasteiger charge is 2.07. The maximum atomic E-state index is 5.86. The van der Waals surface area contributed by atoms with Gasteiger partial charge in [-0.25, -0.2) is 0 Å². The average molecular weight is 319 g/mol. The van der Waals surface area contributed by atoms with Crippen molar-refractivity contribution in [2.45, 2.75) is 26.3 Å². The monoisotopic (exact) mass is 318 g/mol. The first-order valence-corrected chi connectivity index (χ1v) is 7.79. The molecule has 0 amide bonds. The van der Waals surface area contributed by atoms with Crippen molar-refractivity contribution in [2.24, 2.45) is 0 Å². The number of rotatable bonds is 4. The quantitative estimate of drug-likeness (QED) is 0.780. The molecule has 4 heteroatoms. The van der Waals surface area contributed by atoms with Gasteiger partial charge in [0.1, 0.15) is 0 Å². The fraction of sp³-hybridized carbons (Fsp3) is 0.235. The lowest BCUT2D eigenvalue weighted by atomic mass is 10.1. The Hall–Kier alpha value is -1.58. The second kappa shape index (κ2) is 7.43. The van der Waals surface area contributed by atoms with Crippen molar-refractivity contribution in [3.63, 3.8) is 0 Å². The number of aryl methyl sites for hydroxylation is 1. The maximum Gasteiger partial charge on any atom is 0.171 e. The predicted octanol–water partition coefficient (Wildman–Crippen LogP) is 4.95. The van der Waals surface area contributed by atoms with E-state index in [1.807, 2.05) is 24.3 Å². The minimum atomic E-state index is 0.156. The van der Waals surface area contributed by atoms with E-state index in [1.165, 1.54) is 11.1 Å². The summed E-state index contributed by atoms with van der Waals surface area (Å²) in [6.45, 7) is 4.25. The number of hydrogen-bond donors (Lipinski definition) is 2. The van der Waals surface area contributed by atoms with Crippen LogP contribution < -0.4 is 10.6 Å². The van der Waals surface area contributed by atoms with E-state index < -0.39 is 0 Å². The van der Waals surface area contributed by atoms with Gasteiger partial charge in [-0.05, 0) is 61.0 Å². The van der Waals surface area contributed by atoms with Crippen LogP contribution >= 0.6 is 23.8 Å². The van der Waals surface area contributed by atoms with E-state index in [9.17, 15) is 0 Å². The van der Waals surface area contributed by atoms with Crippen molar-refractivity contribution in [2.75, 3.05) is 5.32 Å². The molecule has 2 rings (SSSR count). The van der Waals surface area contributed by atoms with E-state index in [2.05, 4.69) is 48.7 Å². The molecule has 1 atom stereocenters. The first kappa shape index (κ1) is 15.8. The number of thiocarbonyl (C=S) groups is 1. The third-order valence-electron chi connectivity index (χ3n) is 3.34. The first-order valence-electron chi connectivity index (χ1n) is 7.00. The summed E-state index contributed by atoms with van der Waals surface area (Å²) in [4.78, 5) is 0. The van der Waals surface area contributed by atoms with Gasteiger partial charge < -0.3 is 10.6 Å². The highest BCUT2D eigenvalue weighted by molar-refractivity contribution is 7.80. The third kappa shape index (κ3) is 4.73. The zero-order valence-electron chi connectivity index (χ0n) is 12.2. The molecule has 0 unspecified atom stereocenters. The molecule has 0 heterocycles. The van der Waals surface area contributed by atoms with E-state index in [1.54, 1.807) is 0 Å². The lowest BCUT2D eigenvalue weighted by Crippen LogP contribution is -2.30. The van der Waals surface area contributed by atoms with Crippen LogP contribution in [0.5, 0.6) is 0 Å². The molecule has 2 aromatic rings. The van der Waals surface area contributed by atoms with Gasteiger partial charge in [0.05, 0.1) is 6.04 Å². The number of halogens is 1. The van der Waals surface area contributed by atoms with Gasteiger partial charge in [-0.3, -0.25) is 0 Å². The smallest absolute Gasteiger partial charge is 0.171 e. The highest BCUT2D eigenvalue weighted by Crippen LogP contribution is 2.16. The van der Waals surface area contributed by atoms with Crippen molar-refractivity contribution < 1.29 is 0 Å². The van der Waals surface area contributed by atoms with Gasteiger partial charge in [-0.1, -0.05) is 42.8 Å². The van der Waals surface area contributed by atoms with Gasteiger partial charge in [0.15, 0.2) is 5.11 Å². The zero-order chi connectivity index (χ0) is 15.2. The number of hydrogen-bond acceptors (Lipinski definition) is 1. The Labute approximate surface area is 136 Å². The molecule has 0 bridgehead atoms. The second-order valence-corrected chi connectivity index (χ2v) is 5.77. The summed E-state index contributed by atoms with van der Waals surface area (Å²) in [6.07, 6.45) is 1.05. The molecule has 0 saturated heterocycles. The first-order chi connectivity index (χ1) is 10.1. The van der Waals surface area contributed by atoms with Gasteiger partial charge >= 0.3 is 0 Å². The van der Waals surface area contributed by atoms with Crippen molar-refractivity contribution in [1.29, 1.82) is 0 Å². The molecular formula is C17H19ClN2S. The fourth-order valence-electron chi connectivity index (χ4n) is 2.02. The van der Waals surface area contributed by atoms with Crippen LogP contribution in [0.3, 0.4) is 0 Å². The van der Waals surface area contributed by atoms with Gasteiger partial charge in [0.25, 0.3) is 0 Å².